The molecule has 2 aliphatic rings. The van der Waals surface area contributed by atoms with E-state index in [0.717, 1.165) is 5.56 Å². The third-order valence-corrected chi connectivity index (χ3v) is 7.61. The second-order valence-corrected chi connectivity index (χ2v) is 11.0. The maximum absolute atomic E-state index is 13.3. The van der Waals surface area contributed by atoms with Crippen molar-refractivity contribution in [3.05, 3.63) is 46.5 Å². The summed E-state index contributed by atoms with van der Waals surface area (Å²) >= 11 is 11.6. The molecule has 0 bridgehead atoms. The van der Waals surface area contributed by atoms with Crippen molar-refractivity contribution in [3.8, 4) is 0 Å². The molecular weight excluding hydrogens is 393 g/mol. The number of hydrogen-bond acceptors (Lipinski definition) is 3. The Morgan fingerprint density at radius 3 is 2.46 bits per heavy atom. The first kappa shape index (κ1) is 19.7. The van der Waals surface area contributed by atoms with Crippen LogP contribution in [0.4, 0.5) is 0 Å². The normalized spacial score (nSPS) is 28.4. The van der Waals surface area contributed by atoms with E-state index in [9.17, 15) is 13.2 Å². The Morgan fingerprint density at radius 2 is 1.92 bits per heavy atom. The summed E-state index contributed by atoms with van der Waals surface area (Å²) in [7, 11) is -3.08. The summed E-state index contributed by atoms with van der Waals surface area (Å²) < 4.78 is 24.1. The minimum Gasteiger partial charge on any atom is -0.334 e. The van der Waals surface area contributed by atoms with Gasteiger partial charge >= 0.3 is 0 Å². The van der Waals surface area contributed by atoms with Crippen LogP contribution in [0.15, 0.2) is 40.9 Å². The van der Waals surface area contributed by atoms with Crippen LogP contribution in [-0.2, 0) is 21.2 Å². The van der Waals surface area contributed by atoms with Crippen molar-refractivity contribution in [2.24, 2.45) is 17.3 Å². The van der Waals surface area contributed by atoms with E-state index in [2.05, 4.69) is 0 Å². The Balaban J connectivity index is 1.86. The van der Waals surface area contributed by atoms with Gasteiger partial charge < -0.3 is 4.90 Å². The van der Waals surface area contributed by atoms with E-state index in [-0.39, 0.29) is 45.2 Å². The van der Waals surface area contributed by atoms with Crippen LogP contribution >= 0.6 is 23.2 Å². The van der Waals surface area contributed by atoms with Crippen molar-refractivity contribution in [3.63, 3.8) is 0 Å². The monoisotopic (exact) mass is 415 g/mol. The van der Waals surface area contributed by atoms with Gasteiger partial charge in [0.1, 0.15) is 4.49 Å². The van der Waals surface area contributed by atoms with E-state index >= 15 is 0 Å². The molecule has 0 aromatic heterocycles. The SMILES string of the molecule is CC1(C)[C@H](C=C(Cl)Cl)[C@@H]1C(=O)N(Cc1ccccc1)[C@@H]1CCS(=O)(=O)C1. The average molecular weight is 416 g/mol. The van der Waals surface area contributed by atoms with Gasteiger partial charge in [0.05, 0.1) is 17.4 Å². The predicted molar refractivity (Wildman–Crippen MR) is 105 cm³/mol. The van der Waals surface area contributed by atoms with Crippen molar-refractivity contribution < 1.29 is 13.2 Å². The van der Waals surface area contributed by atoms with Crippen LogP contribution in [0.25, 0.3) is 0 Å². The molecule has 0 spiro atoms. The quantitative estimate of drug-likeness (QED) is 0.734. The highest BCUT2D eigenvalue weighted by Crippen LogP contribution is 2.60. The van der Waals surface area contributed by atoms with Gasteiger partial charge in [-0.25, -0.2) is 8.42 Å². The standard InChI is InChI=1S/C19H23Cl2NO3S/c1-19(2)15(10-16(20)21)17(19)18(23)22(11-13-6-4-3-5-7-13)14-8-9-26(24,25)12-14/h3-7,10,14-15,17H,8-9,11-12H2,1-2H3/t14-,15-,17-/m1/s1. The number of carbonyl (C=O) groups excluding carboxylic acids is 1. The van der Waals surface area contributed by atoms with Crippen LogP contribution in [0.1, 0.15) is 25.8 Å². The molecule has 4 nitrogen and oxygen atoms in total. The topological polar surface area (TPSA) is 54.5 Å². The van der Waals surface area contributed by atoms with Gasteiger partial charge in [0, 0.05) is 12.6 Å². The van der Waals surface area contributed by atoms with Gasteiger partial charge in [0.15, 0.2) is 9.84 Å². The Hall–Kier alpha value is -1.04. The van der Waals surface area contributed by atoms with Crippen LogP contribution in [0.5, 0.6) is 0 Å². The zero-order valence-electron chi connectivity index (χ0n) is 14.9. The average Bonchev–Trinajstić information content (AvgIpc) is 2.89. The fraction of sp³-hybridized carbons (Fsp3) is 0.526. The molecule has 2 fully saturated rings. The molecule has 1 amide bonds. The summed E-state index contributed by atoms with van der Waals surface area (Å²) in [5.74, 6) is -0.105. The molecule has 3 atom stereocenters. The van der Waals surface area contributed by atoms with Gasteiger partial charge in [0.2, 0.25) is 5.91 Å². The first-order valence-electron chi connectivity index (χ1n) is 8.69. The third-order valence-electron chi connectivity index (χ3n) is 5.61. The number of nitrogens with zero attached hydrogens (tertiary/aromatic N) is 1. The molecule has 1 saturated carbocycles. The molecule has 0 radical (unpaired) electrons. The van der Waals surface area contributed by atoms with E-state index in [0.29, 0.717) is 13.0 Å². The predicted octanol–water partition coefficient (Wildman–Crippen LogP) is 3.79. The van der Waals surface area contributed by atoms with Gasteiger partial charge in [0.25, 0.3) is 0 Å². The number of benzene rings is 1. The molecule has 1 aliphatic heterocycles. The van der Waals surface area contributed by atoms with Crippen molar-refractivity contribution in [2.75, 3.05) is 11.5 Å². The Kier molecular flexibility index (Phi) is 5.44. The highest BCUT2D eigenvalue weighted by atomic mass is 35.5. The lowest BCUT2D eigenvalue weighted by Gasteiger charge is -2.29. The van der Waals surface area contributed by atoms with Gasteiger partial charge in [-0.3, -0.25) is 4.79 Å². The molecule has 142 valence electrons. The second kappa shape index (κ2) is 7.17. The van der Waals surface area contributed by atoms with E-state index < -0.39 is 9.84 Å². The minimum atomic E-state index is -3.08. The fourth-order valence-corrected chi connectivity index (χ4v) is 5.97. The van der Waals surface area contributed by atoms with Crippen LogP contribution in [0, 0.1) is 17.3 Å². The van der Waals surface area contributed by atoms with Gasteiger partial charge in [-0.2, -0.15) is 0 Å². The van der Waals surface area contributed by atoms with Crippen LogP contribution in [-0.4, -0.2) is 36.8 Å². The molecule has 1 saturated heterocycles. The maximum Gasteiger partial charge on any atom is 0.227 e. The van der Waals surface area contributed by atoms with Crippen molar-refractivity contribution in [2.45, 2.75) is 32.9 Å². The van der Waals surface area contributed by atoms with E-state index in [1.165, 1.54) is 0 Å². The number of allylic oxidation sites excluding steroid dienone is 1. The second-order valence-electron chi connectivity index (χ2n) is 7.79. The van der Waals surface area contributed by atoms with Gasteiger partial charge in [-0.05, 0) is 29.4 Å². The number of halogens is 2. The highest BCUT2D eigenvalue weighted by Gasteiger charge is 2.62. The van der Waals surface area contributed by atoms with E-state index in [4.69, 9.17) is 23.2 Å². The van der Waals surface area contributed by atoms with E-state index in [1.54, 1.807) is 11.0 Å². The smallest absolute Gasteiger partial charge is 0.227 e. The van der Waals surface area contributed by atoms with Crippen molar-refractivity contribution in [1.29, 1.82) is 0 Å². The summed E-state index contributed by atoms with van der Waals surface area (Å²) in [6.07, 6.45) is 2.21. The summed E-state index contributed by atoms with van der Waals surface area (Å²) in [4.78, 5) is 15.1. The zero-order valence-corrected chi connectivity index (χ0v) is 17.2. The number of rotatable bonds is 5. The van der Waals surface area contributed by atoms with E-state index in [1.807, 2.05) is 44.2 Å². The Labute approximate surface area is 165 Å². The largest absolute Gasteiger partial charge is 0.334 e. The van der Waals surface area contributed by atoms with Crippen LogP contribution in [0.3, 0.4) is 0 Å². The first-order chi connectivity index (χ1) is 12.1. The third kappa shape index (κ3) is 4.10. The van der Waals surface area contributed by atoms with Gasteiger partial charge in [-0.1, -0.05) is 67.4 Å². The molecular formula is C19H23Cl2NO3S. The first-order valence-corrected chi connectivity index (χ1v) is 11.3. The molecule has 1 heterocycles. The maximum atomic E-state index is 13.3. The number of sulfone groups is 1. The van der Waals surface area contributed by atoms with Crippen LogP contribution in [0.2, 0.25) is 0 Å². The summed E-state index contributed by atoms with van der Waals surface area (Å²) in [5.41, 5.74) is 0.754. The van der Waals surface area contributed by atoms with Crippen molar-refractivity contribution in [1.82, 2.24) is 4.90 Å². The van der Waals surface area contributed by atoms with Crippen LogP contribution < -0.4 is 0 Å². The molecule has 7 heteroatoms. The molecule has 1 aromatic carbocycles. The lowest BCUT2D eigenvalue weighted by Crippen LogP contribution is -2.42. The fourth-order valence-electron chi connectivity index (χ4n) is 3.96. The molecule has 1 aliphatic carbocycles. The molecule has 26 heavy (non-hydrogen) atoms. The summed E-state index contributed by atoms with van der Waals surface area (Å²) in [6, 6.07) is 9.39. The summed E-state index contributed by atoms with van der Waals surface area (Å²) in [5, 5.41) is 0. The highest BCUT2D eigenvalue weighted by molar-refractivity contribution is 7.91. The zero-order chi connectivity index (χ0) is 19.1. The number of amides is 1. The number of hydrogen-bond donors (Lipinski definition) is 0. The number of carbonyl (C=O) groups is 1. The summed E-state index contributed by atoms with van der Waals surface area (Å²) in [6.45, 7) is 4.44. The Morgan fingerprint density at radius 1 is 1.27 bits per heavy atom. The minimum absolute atomic E-state index is 0.0169. The van der Waals surface area contributed by atoms with Gasteiger partial charge in [-0.15, -0.1) is 0 Å². The lowest BCUT2D eigenvalue weighted by molar-refractivity contribution is -0.136. The molecule has 0 unspecified atom stereocenters. The molecule has 1 aromatic rings. The molecule has 0 N–H and O–H groups in total. The molecule has 3 rings (SSSR count). The van der Waals surface area contributed by atoms with Crippen molar-refractivity contribution >= 4 is 38.9 Å². The lowest BCUT2D eigenvalue weighted by atomic mass is 10.1. The Bertz CT molecular complexity index is 816.